The summed E-state index contributed by atoms with van der Waals surface area (Å²) in [5, 5.41) is 8.34. The molecule has 0 bridgehead atoms. The summed E-state index contributed by atoms with van der Waals surface area (Å²) in [5.41, 5.74) is 25.3. The number of aromatic carboxylic acids is 1. The number of halogens is 11. The van der Waals surface area contributed by atoms with Crippen LogP contribution in [0.4, 0.5) is 0 Å². The molecule has 0 saturated carbocycles. The van der Waals surface area contributed by atoms with Gasteiger partial charge in [-0.3, -0.25) is 64.8 Å². The molecule has 1 N–H and O–H groups in total. The molecular weight excluding hydrogens is 2310 g/mol. The van der Waals surface area contributed by atoms with E-state index in [1.54, 1.807) is 6.07 Å². The van der Waals surface area contributed by atoms with Gasteiger partial charge in [-0.25, -0.2) is 4.79 Å². The zero-order valence-electron chi connectivity index (χ0n) is 60.3. The molecule has 0 aliphatic carbocycles. The van der Waals surface area contributed by atoms with Crippen LogP contribution in [0.3, 0.4) is 0 Å². The minimum absolute atomic E-state index is 0. The van der Waals surface area contributed by atoms with E-state index >= 15 is 0 Å². The molecule has 0 spiro atoms. The molecular formula is C79H81Cl11N13O2Os4. The Morgan fingerprint density at radius 2 is 0.394 bits per heavy atom. The first-order chi connectivity index (χ1) is 51.1. The van der Waals surface area contributed by atoms with Crippen molar-refractivity contribution in [2.24, 2.45) is 0 Å². The predicted molar refractivity (Wildman–Crippen MR) is 444 cm³/mol. The van der Waals surface area contributed by atoms with Gasteiger partial charge in [0.15, 0.2) is 0 Å². The standard InChI is InChI=1S/6C12H12N2.C6H5NO2.CH4.11ClH.4Os/c6*1-9-3-5-11(13-7-9)12-6-4-10(2)8-14-12;8-6(9)5-2-1-3-7-4-5;;;;;;;;;;;;;;;;/h6*3-8H,1-2H3;1-4H,(H,8,9);1H4;11*1H;;;;/q;;;;;;;;;;;;;;;;;;;+1;2*+2;+6/p-11. The van der Waals surface area contributed by atoms with Crippen molar-refractivity contribution in [2.45, 2.75) is 90.5 Å². The van der Waals surface area contributed by atoms with Crippen molar-refractivity contribution < 1.29 is 65.0 Å². The predicted octanol–water partition coefficient (Wildman–Crippen LogP) is 25.6. The van der Waals surface area contributed by atoms with Crippen molar-refractivity contribution >= 4 is 112 Å². The molecule has 13 aromatic heterocycles. The summed E-state index contributed by atoms with van der Waals surface area (Å²) in [5.74, 6) is -0.942. The zero-order chi connectivity index (χ0) is 80.3. The third kappa shape index (κ3) is 45.4. The number of aryl methyl sites for hydroxylation is 12. The van der Waals surface area contributed by atoms with E-state index in [4.69, 9.17) is 101 Å². The Kier molecular flexibility index (Phi) is 47.1. The number of aromatic nitrogens is 13. The van der Waals surface area contributed by atoms with E-state index in [0.29, 0.717) is 0 Å². The first-order valence-corrected chi connectivity index (χ1v) is 66.2. The fourth-order valence-electron chi connectivity index (χ4n) is 7.92. The maximum absolute atomic E-state index is 10.2. The molecule has 109 heavy (non-hydrogen) atoms. The molecule has 0 aliphatic rings. The summed E-state index contributed by atoms with van der Waals surface area (Å²) in [4.78, 5) is 65.6. The minimum atomic E-state index is -5.38. The van der Waals surface area contributed by atoms with Crippen LogP contribution >= 0.6 is 106 Å². The Hall–Kier alpha value is -5.84. The van der Waals surface area contributed by atoms with Crippen LogP contribution in [0.1, 0.15) is 84.5 Å². The molecule has 583 valence electrons. The van der Waals surface area contributed by atoms with E-state index in [9.17, 15) is 4.79 Å². The molecule has 15 nitrogen and oxygen atoms in total. The van der Waals surface area contributed by atoms with Crippen LogP contribution in [0, 0.1) is 83.1 Å². The van der Waals surface area contributed by atoms with Crippen LogP contribution in [0.2, 0.25) is 0 Å². The van der Waals surface area contributed by atoms with Crippen LogP contribution in [0.5, 0.6) is 0 Å². The summed E-state index contributed by atoms with van der Waals surface area (Å²) in [6.45, 7) is 18.9. The second kappa shape index (κ2) is 51.7. The number of carboxylic acids is 1. The summed E-state index contributed by atoms with van der Waals surface area (Å²) in [7, 11) is 54.6. The molecule has 30 heteroatoms. The van der Waals surface area contributed by atoms with Gasteiger partial charge in [-0.15, -0.1) is 0 Å². The fraction of sp³-hybridized carbons (Fsp3) is 0.165. The number of hydrogen-bond acceptors (Lipinski definition) is 14. The normalized spacial score (nSPS) is 10.5. The number of nitrogens with zero attached hydrogens (tertiary/aromatic N) is 13. The van der Waals surface area contributed by atoms with Gasteiger partial charge >= 0.3 is 167 Å². The molecule has 0 amide bonds. The SMILES string of the molecule is C.Cc1ccc(-c2ccc(C)cn2)nc1.Cc1ccc(-c2ccc(C)cn2)nc1.Cc1ccc(-c2ccc(C)cn2)nc1.Cc1ccc(-c2ccc(C)cn2)nc1.Cc1ccc(-c2ccc(C)cn2)nc1.Cc1ccc(-c2ccc(C)cn2)nc1.O=C(O)c1cccnc1.[Cl][Os].[Cl][Os]([Cl])([Cl])([Cl])([Cl])[Cl].[Cl][Os][Cl].[Cl][Os][Cl]. The van der Waals surface area contributed by atoms with Crippen LogP contribution in [0.25, 0.3) is 68.3 Å². The third-order valence-corrected chi connectivity index (χ3v) is 13.4. The van der Waals surface area contributed by atoms with E-state index in [0.717, 1.165) is 68.3 Å². The van der Waals surface area contributed by atoms with Gasteiger partial charge in [0.05, 0.1) is 73.9 Å². The summed E-state index contributed by atoms with van der Waals surface area (Å²) in [6, 6.07) is 51.5. The van der Waals surface area contributed by atoms with Gasteiger partial charge in [-0.1, -0.05) is 80.2 Å². The molecule has 0 aromatic carbocycles. The van der Waals surface area contributed by atoms with Crippen molar-refractivity contribution in [1.29, 1.82) is 0 Å². The second-order valence-electron chi connectivity index (χ2n) is 23.1. The summed E-state index contributed by atoms with van der Waals surface area (Å²) in [6.07, 6.45) is 25.1. The number of hydrogen-bond donors (Lipinski definition) is 1. The van der Waals surface area contributed by atoms with Crippen LogP contribution in [0.15, 0.2) is 244 Å². The second-order valence-corrected chi connectivity index (χ2v) is 85.5. The van der Waals surface area contributed by atoms with Crippen molar-refractivity contribution in [3.8, 4) is 68.3 Å². The third-order valence-electron chi connectivity index (χ3n) is 13.4. The molecule has 0 saturated heterocycles. The Morgan fingerprint density at radius 3 is 0.459 bits per heavy atom. The molecule has 13 rings (SSSR count). The molecule has 0 radical (unpaired) electrons. The quantitative estimate of drug-likeness (QED) is 0.158. The van der Waals surface area contributed by atoms with E-state index < -0.39 is 43.4 Å². The molecule has 0 atom stereocenters. The Labute approximate surface area is 709 Å². The van der Waals surface area contributed by atoms with Crippen molar-refractivity contribution in [3.63, 3.8) is 0 Å². The van der Waals surface area contributed by atoms with Gasteiger partial charge in [-0.2, -0.15) is 0 Å². The molecule has 0 aliphatic heterocycles. The molecule has 13 heterocycles. The topological polar surface area (TPSA) is 205 Å². The van der Waals surface area contributed by atoms with Gasteiger partial charge in [-0.05, 0) is 235 Å². The summed E-state index contributed by atoms with van der Waals surface area (Å²) >= 11 is 0.0556. The summed E-state index contributed by atoms with van der Waals surface area (Å²) < 4.78 is 0. The van der Waals surface area contributed by atoms with E-state index in [-0.39, 0.29) is 13.0 Å². The van der Waals surface area contributed by atoms with Crippen molar-refractivity contribution in [2.75, 3.05) is 0 Å². The number of carbonyl (C=O) groups is 1. The fourth-order valence-corrected chi connectivity index (χ4v) is 7.92. The maximum atomic E-state index is 10.2. The van der Waals surface area contributed by atoms with E-state index in [2.05, 4.69) is 74.4 Å². The first-order valence-electron chi connectivity index (χ1n) is 31.6. The molecule has 0 fully saturated rings. The zero-order valence-corrected chi connectivity index (χ0v) is 78.8. The van der Waals surface area contributed by atoms with Crippen LogP contribution in [-0.2, 0) is 55.1 Å². The van der Waals surface area contributed by atoms with Gasteiger partial charge < -0.3 is 5.11 Å². The van der Waals surface area contributed by atoms with Gasteiger partial charge in [0.1, 0.15) is 0 Å². The Bertz CT molecular complexity index is 3700. The number of pyridine rings is 13. The van der Waals surface area contributed by atoms with Gasteiger partial charge in [0, 0.05) is 86.8 Å². The monoisotopic (exact) mass is 2400 g/mol. The Balaban J connectivity index is 0.000000419. The average molecular weight is 2400 g/mol. The Morgan fingerprint density at radius 1 is 0.275 bits per heavy atom. The van der Waals surface area contributed by atoms with Crippen LogP contribution in [-0.4, -0.2) is 75.9 Å². The molecule has 13 aromatic rings. The number of carboxylic acid groups (broad SMARTS) is 1. The van der Waals surface area contributed by atoms with Gasteiger partial charge in [0.2, 0.25) is 0 Å². The molecule has 0 unspecified atom stereocenters. The first kappa shape index (κ1) is 99.2. The number of rotatable bonds is 7. The van der Waals surface area contributed by atoms with Crippen LogP contribution < -0.4 is 0 Å². The van der Waals surface area contributed by atoms with Crippen molar-refractivity contribution in [1.82, 2.24) is 64.8 Å². The van der Waals surface area contributed by atoms with E-state index in [1.807, 2.05) is 303 Å². The average Bonchev–Trinajstić information content (AvgIpc) is 0.789. The van der Waals surface area contributed by atoms with Gasteiger partial charge in [0.25, 0.3) is 0 Å². The van der Waals surface area contributed by atoms with Crippen molar-refractivity contribution in [3.05, 3.63) is 317 Å². The van der Waals surface area contributed by atoms with E-state index in [1.165, 1.54) is 103 Å².